The Morgan fingerprint density at radius 3 is 2.25 bits per heavy atom. The number of hydrogen-bond donors (Lipinski definition) is 0. The van der Waals surface area contributed by atoms with Gasteiger partial charge in [-0.25, -0.2) is 8.78 Å². The van der Waals surface area contributed by atoms with Crippen LogP contribution < -0.4 is 4.74 Å². The summed E-state index contributed by atoms with van der Waals surface area (Å²) in [5.74, 6) is -0.975. The van der Waals surface area contributed by atoms with E-state index < -0.39 is 11.6 Å². The summed E-state index contributed by atoms with van der Waals surface area (Å²) in [5.41, 5.74) is 0. The number of rotatable bonds is 3. The summed E-state index contributed by atoms with van der Waals surface area (Å²) in [5, 5.41) is 0. The van der Waals surface area contributed by atoms with Crippen LogP contribution in [0.1, 0.15) is 13.3 Å². The van der Waals surface area contributed by atoms with Crippen LogP contribution in [0.25, 0.3) is 0 Å². The van der Waals surface area contributed by atoms with Gasteiger partial charge in [-0.05, 0) is 6.42 Å². The van der Waals surface area contributed by atoms with Crippen LogP contribution in [0.4, 0.5) is 8.78 Å². The number of benzene rings is 1. The predicted octanol–water partition coefficient (Wildman–Crippen LogP) is 2.75. The Kier molecular flexibility index (Phi) is 3.02. The Hall–Kier alpha value is -1.12. The van der Waals surface area contributed by atoms with Gasteiger partial charge in [-0.2, -0.15) is 0 Å². The first kappa shape index (κ1) is 8.97. The molecule has 0 N–H and O–H groups in total. The van der Waals surface area contributed by atoms with Crippen LogP contribution in [0.2, 0.25) is 0 Å². The van der Waals surface area contributed by atoms with E-state index in [1.807, 2.05) is 6.92 Å². The maximum absolute atomic E-state index is 12.5. The van der Waals surface area contributed by atoms with Crippen LogP contribution in [0.5, 0.6) is 5.75 Å². The lowest BCUT2D eigenvalue weighted by Crippen LogP contribution is -1.95. The number of hydrogen-bond acceptors (Lipinski definition) is 1. The first-order chi connectivity index (χ1) is 5.72. The van der Waals surface area contributed by atoms with Crippen molar-refractivity contribution in [3.05, 3.63) is 29.8 Å². The Balaban J connectivity index is 2.72. The van der Waals surface area contributed by atoms with Gasteiger partial charge in [0.1, 0.15) is 17.4 Å². The van der Waals surface area contributed by atoms with Gasteiger partial charge < -0.3 is 4.74 Å². The summed E-state index contributed by atoms with van der Waals surface area (Å²) in [6.45, 7) is 2.40. The van der Waals surface area contributed by atoms with Crippen molar-refractivity contribution in [3.63, 3.8) is 0 Å². The third-order valence-electron chi connectivity index (χ3n) is 1.31. The first-order valence-electron chi connectivity index (χ1n) is 3.81. The van der Waals surface area contributed by atoms with E-state index in [-0.39, 0.29) is 5.75 Å². The molecule has 1 rings (SSSR count). The van der Waals surface area contributed by atoms with Gasteiger partial charge in [0.2, 0.25) is 0 Å². The molecule has 0 aliphatic carbocycles. The molecule has 3 heteroatoms. The molecule has 0 spiro atoms. The summed E-state index contributed by atoms with van der Waals surface area (Å²) in [7, 11) is 0. The van der Waals surface area contributed by atoms with Crippen LogP contribution in [0, 0.1) is 11.6 Å². The fraction of sp³-hybridized carbons (Fsp3) is 0.333. The first-order valence-corrected chi connectivity index (χ1v) is 3.81. The molecule has 0 aliphatic heterocycles. The highest BCUT2D eigenvalue weighted by Gasteiger charge is 1.99. The monoisotopic (exact) mass is 172 g/mol. The summed E-state index contributed by atoms with van der Waals surface area (Å²) in [4.78, 5) is 0. The SMILES string of the molecule is CCCOc1cc(F)cc(F)c1. The largest absolute Gasteiger partial charge is 0.493 e. The lowest BCUT2D eigenvalue weighted by Gasteiger charge is -2.03. The van der Waals surface area contributed by atoms with E-state index in [0.29, 0.717) is 6.61 Å². The molecular weight excluding hydrogens is 162 g/mol. The minimum absolute atomic E-state index is 0.245. The summed E-state index contributed by atoms with van der Waals surface area (Å²) in [6, 6.07) is 3.15. The van der Waals surface area contributed by atoms with Gasteiger partial charge in [0.15, 0.2) is 0 Å². The van der Waals surface area contributed by atoms with E-state index in [0.717, 1.165) is 12.5 Å². The normalized spacial score (nSPS) is 9.92. The van der Waals surface area contributed by atoms with Gasteiger partial charge in [0, 0.05) is 18.2 Å². The molecule has 0 saturated heterocycles. The van der Waals surface area contributed by atoms with E-state index in [1.54, 1.807) is 0 Å². The van der Waals surface area contributed by atoms with Crippen molar-refractivity contribution < 1.29 is 13.5 Å². The Bertz CT molecular complexity index is 240. The van der Waals surface area contributed by atoms with E-state index in [4.69, 9.17) is 4.74 Å². The van der Waals surface area contributed by atoms with Gasteiger partial charge in [-0.3, -0.25) is 0 Å². The quantitative estimate of drug-likeness (QED) is 0.681. The van der Waals surface area contributed by atoms with Gasteiger partial charge in [0.25, 0.3) is 0 Å². The summed E-state index contributed by atoms with van der Waals surface area (Å²) >= 11 is 0. The van der Waals surface area contributed by atoms with Crippen LogP contribution in [-0.4, -0.2) is 6.61 Å². The molecule has 0 amide bonds. The van der Waals surface area contributed by atoms with Crippen molar-refractivity contribution in [2.75, 3.05) is 6.61 Å². The van der Waals surface area contributed by atoms with Gasteiger partial charge in [-0.1, -0.05) is 6.92 Å². The maximum Gasteiger partial charge on any atom is 0.129 e. The molecule has 12 heavy (non-hydrogen) atoms. The molecule has 0 fully saturated rings. The van der Waals surface area contributed by atoms with Crippen LogP contribution in [0.15, 0.2) is 18.2 Å². The summed E-state index contributed by atoms with van der Waals surface area (Å²) in [6.07, 6.45) is 0.818. The molecule has 0 bridgehead atoms. The molecule has 0 unspecified atom stereocenters. The molecule has 66 valence electrons. The predicted molar refractivity (Wildman–Crippen MR) is 42.1 cm³/mol. The van der Waals surface area contributed by atoms with Crippen molar-refractivity contribution in [3.8, 4) is 5.75 Å². The van der Waals surface area contributed by atoms with E-state index in [1.165, 1.54) is 12.1 Å². The molecule has 0 saturated carbocycles. The molecule has 0 atom stereocenters. The highest BCUT2D eigenvalue weighted by Crippen LogP contribution is 2.15. The molecule has 1 aromatic rings. The van der Waals surface area contributed by atoms with Gasteiger partial charge >= 0.3 is 0 Å². The van der Waals surface area contributed by atoms with E-state index in [9.17, 15) is 8.78 Å². The average molecular weight is 172 g/mol. The third-order valence-corrected chi connectivity index (χ3v) is 1.31. The van der Waals surface area contributed by atoms with Crippen LogP contribution in [0.3, 0.4) is 0 Å². The zero-order chi connectivity index (χ0) is 8.97. The molecule has 0 radical (unpaired) electrons. The number of ether oxygens (including phenoxy) is 1. The highest BCUT2D eigenvalue weighted by atomic mass is 19.1. The van der Waals surface area contributed by atoms with Crippen molar-refractivity contribution in [2.45, 2.75) is 13.3 Å². The molecule has 1 nitrogen and oxygen atoms in total. The van der Waals surface area contributed by atoms with Gasteiger partial charge in [0.05, 0.1) is 6.61 Å². The van der Waals surface area contributed by atoms with Crippen molar-refractivity contribution in [1.82, 2.24) is 0 Å². The topological polar surface area (TPSA) is 9.23 Å². The fourth-order valence-electron chi connectivity index (χ4n) is 0.832. The lowest BCUT2D eigenvalue weighted by atomic mass is 10.3. The zero-order valence-corrected chi connectivity index (χ0v) is 6.81. The highest BCUT2D eigenvalue weighted by molar-refractivity contribution is 5.23. The van der Waals surface area contributed by atoms with E-state index in [2.05, 4.69) is 0 Å². The van der Waals surface area contributed by atoms with Crippen molar-refractivity contribution in [2.24, 2.45) is 0 Å². The smallest absolute Gasteiger partial charge is 0.129 e. The molecule has 0 heterocycles. The Morgan fingerprint density at radius 1 is 1.17 bits per heavy atom. The van der Waals surface area contributed by atoms with E-state index >= 15 is 0 Å². The van der Waals surface area contributed by atoms with Crippen molar-refractivity contribution >= 4 is 0 Å². The maximum atomic E-state index is 12.5. The second-order valence-corrected chi connectivity index (χ2v) is 2.45. The Labute approximate surface area is 70.0 Å². The fourth-order valence-corrected chi connectivity index (χ4v) is 0.832. The number of halogens is 2. The van der Waals surface area contributed by atoms with Crippen molar-refractivity contribution in [1.29, 1.82) is 0 Å². The zero-order valence-electron chi connectivity index (χ0n) is 6.81. The average Bonchev–Trinajstić information content (AvgIpc) is 1.99. The molecule has 1 aromatic carbocycles. The minimum atomic E-state index is -0.610. The second-order valence-electron chi connectivity index (χ2n) is 2.45. The standard InChI is InChI=1S/C9H10F2O/c1-2-3-12-9-5-7(10)4-8(11)6-9/h4-6H,2-3H2,1H3. The molecular formula is C9H10F2O. The van der Waals surface area contributed by atoms with Gasteiger partial charge in [-0.15, -0.1) is 0 Å². The minimum Gasteiger partial charge on any atom is -0.493 e. The second kappa shape index (κ2) is 4.04. The van der Waals surface area contributed by atoms with Crippen LogP contribution in [-0.2, 0) is 0 Å². The third kappa shape index (κ3) is 2.49. The lowest BCUT2D eigenvalue weighted by molar-refractivity contribution is 0.314. The molecule has 0 aromatic heterocycles. The Morgan fingerprint density at radius 2 is 1.75 bits per heavy atom. The molecule has 0 aliphatic rings. The van der Waals surface area contributed by atoms with Crippen LogP contribution >= 0.6 is 0 Å². The summed E-state index contributed by atoms with van der Waals surface area (Å²) < 4.78 is 30.1.